The Balaban J connectivity index is 1.21. The quantitative estimate of drug-likeness (QED) is 0.320. The van der Waals surface area contributed by atoms with E-state index >= 15 is 0 Å². The van der Waals surface area contributed by atoms with Gasteiger partial charge in [0.25, 0.3) is 0 Å². The molecule has 5 nitrogen and oxygen atoms in total. The maximum atomic E-state index is 12.6. The molecular weight excluding hydrogens is 402 g/mol. The lowest BCUT2D eigenvalue weighted by Gasteiger charge is -2.56. The van der Waals surface area contributed by atoms with Crippen LogP contribution in [0.3, 0.4) is 0 Å². The third kappa shape index (κ3) is 3.54. The minimum atomic E-state index is -0.483. The number of hydrogen-bond acceptors (Lipinski definition) is 4. The molecule has 6 atom stereocenters. The van der Waals surface area contributed by atoms with Crippen LogP contribution in [0, 0.1) is 28.6 Å². The molecule has 0 unspecified atom stereocenters. The largest absolute Gasteiger partial charge is 0.512 e. The number of ketones is 1. The number of carbonyl (C=O) groups excluding carboxylic acids is 2. The summed E-state index contributed by atoms with van der Waals surface area (Å²) >= 11 is 0. The first kappa shape index (κ1) is 22.4. The Kier molecular flexibility index (Phi) is 5.71. The molecule has 178 valence electrons. The van der Waals surface area contributed by atoms with E-state index < -0.39 is 6.16 Å². The van der Waals surface area contributed by atoms with Crippen LogP contribution < -0.4 is 0 Å². The lowest BCUT2D eigenvalue weighted by molar-refractivity contribution is -0.931. The molecule has 1 aliphatic heterocycles. The van der Waals surface area contributed by atoms with Crippen molar-refractivity contribution >= 4 is 11.9 Å². The lowest BCUT2D eigenvalue weighted by atomic mass is 9.48. The maximum absolute atomic E-state index is 12.6. The Bertz CT molecular complexity index is 799. The molecule has 1 heterocycles. The first-order valence-electron chi connectivity index (χ1n) is 13.2. The smallest absolute Gasteiger partial charge is 0.431 e. The number of likely N-dealkylation sites (tertiary alicyclic amines) is 1. The first-order chi connectivity index (χ1) is 15.3. The third-order valence-corrected chi connectivity index (χ3v) is 10.7. The summed E-state index contributed by atoms with van der Waals surface area (Å²) in [6.07, 6.45) is 12.4. The predicted octanol–water partition coefficient (Wildman–Crippen LogP) is 5.63. The second kappa shape index (κ2) is 8.14. The zero-order valence-electron chi connectivity index (χ0n) is 20.4. The molecule has 5 heteroatoms. The zero-order valence-corrected chi connectivity index (χ0v) is 20.4. The molecular formula is C27H42NO4+. The maximum Gasteiger partial charge on any atom is 0.512 e. The van der Waals surface area contributed by atoms with Crippen LogP contribution in [0.1, 0.15) is 85.0 Å². The fourth-order valence-electron chi connectivity index (χ4n) is 8.40. The fraction of sp³-hybridized carbons (Fsp3) is 0.852. The molecule has 5 rings (SSSR count). The van der Waals surface area contributed by atoms with Gasteiger partial charge in [0.1, 0.15) is 11.9 Å². The Morgan fingerprint density at radius 1 is 1.09 bits per heavy atom. The number of Topliss-reactive ketones (excluding diaryl/α,β-unsaturated/α-hetero) is 1. The van der Waals surface area contributed by atoms with Crippen LogP contribution in [0.4, 0.5) is 4.79 Å². The number of ether oxygens (including phenoxy) is 2. The van der Waals surface area contributed by atoms with Gasteiger partial charge in [-0.1, -0.05) is 25.5 Å². The summed E-state index contributed by atoms with van der Waals surface area (Å²) < 4.78 is 12.3. The van der Waals surface area contributed by atoms with Gasteiger partial charge in [-0.05, 0) is 68.6 Å². The van der Waals surface area contributed by atoms with E-state index in [-0.39, 0.29) is 16.9 Å². The van der Waals surface area contributed by atoms with E-state index in [0.29, 0.717) is 30.3 Å². The Labute approximate surface area is 193 Å². The van der Waals surface area contributed by atoms with Crippen molar-refractivity contribution < 1.29 is 23.5 Å². The number of fused-ring (bicyclic) bond motifs is 5. The molecule has 4 fully saturated rings. The number of rotatable bonds is 4. The van der Waals surface area contributed by atoms with E-state index in [4.69, 9.17) is 9.47 Å². The Morgan fingerprint density at radius 3 is 2.56 bits per heavy atom. The number of carbonyl (C=O) groups is 2. The van der Waals surface area contributed by atoms with Crippen LogP contribution in [0.5, 0.6) is 0 Å². The van der Waals surface area contributed by atoms with E-state index in [1.807, 2.05) is 0 Å². The minimum Gasteiger partial charge on any atom is -0.431 e. The highest BCUT2D eigenvalue weighted by Crippen LogP contribution is 2.64. The average molecular weight is 445 g/mol. The van der Waals surface area contributed by atoms with Crippen molar-refractivity contribution in [3.8, 4) is 0 Å². The molecule has 4 aliphatic carbocycles. The summed E-state index contributed by atoms with van der Waals surface area (Å²) in [5.74, 6) is 2.39. The van der Waals surface area contributed by atoms with E-state index in [2.05, 4.69) is 26.8 Å². The highest BCUT2D eigenvalue weighted by Gasteiger charge is 2.58. The number of quaternary nitrogens is 1. The van der Waals surface area contributed by atoms with Crippen molar-refractivity contribution in [3.05, 3.63) is 11.6 Å². The molecule has 5 aliphatic rings. The SMILES string of the molecule is CC[N+]1(COC(=O)O[C@H]2CC[C@@]3(C)C(=CC[C@@H]4[C@@H]3CC[C@]3(C)C(=O)CC[C@@H]43)C2)CCCC1. The highest BCUT2D eigenvalue weighted by atomic mass is 16.7. The molecule has 0 aromatic carbocycles. The number of allylic oxidation sites excluding steroid dienone is 1. The van der Waals surface area contributed by atoms with Gasteiger partial charge in [0.2, 0.25) is 6.73 Å². The van der Waals surface area contributed by atoms with Gasteiger partial charge in [0.05, 0.1) is 19.6 Å². The van der Waals surface area contributed by atoms with Crippen LogP contribution in [-0.2, 0) is 14.3 Å². The Morgan fingerprint density at radius 2 is 1.81 bits per heavy atom. The van der Waals surface area contributed by atoms with E-state index in [0.717, 1.165) is 69.1 Å². The van der Waals surface area contributed by atoms with E-state index in [1.54, 1.807) is 0 Å². The molecule has 32 heavy (non-hydrogen) atoms. The van der Waals surface area contributed by atoms with Crippen molar-refractivity contribution in [1.82, 2.24) is 0 Å². The normalized spacial score (nSPS) is 42.5. The van der Waals surface area contributed by atoms with Crippen LogP contribution >= 0.6 is 0 Å². The fourth-order valence-corrected chi connectivity index (χ4v) is 8.40. The van der Waals surface area contributed by atoms with Crippen LogP contribution in [0.25, 0.3) is 0 Å². The molecule has 0 amide bonds. The number of nitrogens with zero attached hydrogens (tertiary/aromatic N) is 1. The Hall–Kier alpha value is -1.36. The first-order valence-corrected chi connectivity index (χ1v) is 13.2. The molecule has 0 aromatic rings. The zero-order chi connectivity index (χ0) is 22.6. The van der Waals surface area contributed by atoms with Crippen molar-refractivity contribution in [2.45, 2.75) is 91.1 Å². The summed E-state index contributed by atoms with van der Waals surface area (Å²) in [4.78, 5) is 25.1. The second-order valence-electron chi connectivity index (χ2n) is 12.0. The minimum absolute atomic E-state index is 0.0612. The average Bonchev–Trinajstić information content (AvgIpc) is 3.38. The van der Waals surface area contributed by atoms with Gasteiger partial charge >= 0.3 is 6.16 Å². The molecule has 0 radical (unpaired) electrons. The van der Waals surface area contributed by atoms with Crippen LogP contribution in [0.15, 0.2) is 11.6 Å². The predicted molar refractivity (Wildman–Crippen MR) is 123 cm³/mol. The van der Waals surface area contributed by atoms with Crippen molar-refractivity contribution in [1.29, 1.82) is 0 Å². The molecule has 0 bridgehead atoms. The molecule has 0 spiro atoms. The summed E-state index contributed by atoms with van der Waals surface area (Å²) in [7, 11) is 0. The second-order valence-corrected chi connectivity index (χ2v) is 12.0. The molecule has 1 saturated heterocycles. The summed E-state index contributed by atoms with van der Waals surface area (Å²) in [6.45, 7) is 10.5. The van der Waals surface area contributed by atoms with Gasteiger partial charge < -0.3 is 9.47 Å². The van der Waals surface area contributed by atoms with E-state index in [9.17, 15) is 9.59 Å². The van der Waals surface area contributed by atoms with Crippen LogP contribution in [0.2, 0.25) is 0 Å². The van der Waals surface area contributed by atoms with Gasteiger partial charge in [0.15, 0.2) is 0 Å². The van der Waals surface area contributed by atoms with Gasteiger partial charge in [0, 0.05) is 31.1 Å². The summed E-state index contributed by atoms with van der Waals surface area (Å²) in [5, 5.41) is 0. The van der Waals surface area contributed by atoms with Crippen LogP contribution in [-0.4, -0.2) is 48.9 Å². The van der Waals surface area contributed by atoms with Crippen molar-refractivity contribution in [2.24, 2.45) is 28.6 Å². The van der Waals surface area contributed by atoms with Gasteiger partial charge in [-0.15, -0.1) is 0 Å². The van der Waals surface area contributed by atoms with Gasteiger partial charge in [-0.25, -0.2) is 4.79 Å². The molecule has 3 saturated carbocycles. The highest BCUT2D eigenvalue weighted by molar-refractivity contribution is 5.87. The van der Waals surface area contributed by atoms with E-state index in [1.165, 1.54) is 24.8 Å². The standard InChI is InChI=1S/C27H42NO4/c1-4-28(15-5-6-16-28)18-31-25(30)32-20-11-13-26(2)19(17-20)7-8-21-22-9-10-24(29)27(22,3)14-12-23(21)26/h7,20-23H,4-6,8-18H2,1-3H3/q+1/t20-,21-,22-,23-,26-,27-/m0/s1. The number of hydrogen-bond donors (Lipinski definition) is 0. The molecule has 0 N–H and O–H groups in total. The molecule has 0 aromatic heterocycles. The summed E-state index contributed by atoms with van der Waals surface area (Å²) in [5.41, 5.74) is 1.63. The topological polar surface area (TPSA) is 52.6 Å². The summed E-state index contributed by atoms with van der Waals surface area (Å²) in [6, 6.07) is 0. The van der Waals surface area contributed by atoms with Gasteiger partial charge in [-0.2, -0.15) is 0 Å². The third-order valence-electron chi connectivity index (χ3n) is 10.7. The lowest BCUT2D eigenvalue weighted by Crippen LogP contribution is -2.50. The van der Waals surface area contributed by atoms with Crippen molar-refractivity contribution in [2.75, 3.05) is 26.4 Å². The van der Waals surface area contributed by atoms with Gasteiger partial charge in [-0.3, -0.25) is 9.28 Å². The van der Waals surface area contributed by atoms with Crippen molar-refractivity contribution in [3.63, 3.8) is 0 Å². The monoisotopic (exact) mass is 444 g/mol.